The van der Waals surface area contributed by atoms with E-state index in [9.17, 15) is 15.0 Å². The number of carbonyl (C=O) groups excluding carboxylic acids is 1. The fraction of sp³-hybridized carbons (Fsp3) is 0.500. The maximum absolute atomic E-state index is 10.5. The minimum atomic E-state index is -1.27. The number of carboxylic acids is 1. The van der Waals surface area contributed by atoms with E-state index in [4.69, 9.17) is 23.4 Å². The van der Waals surface area contributed by atoms with Crippen molar-refractivity contribution in [3.8, 4) is 0 Å². The zero-order chi connectivity index (χ0) is 17.8. The average molecular weight is 444 g/mol. The van der Waals surface area contributed by atoms with E-state index >= 15 is 0 Å². The van der Waals surface area contributed by atoms with E-state index in [2.05, 4.69) is 29.1 Å². The van der Waals surface area contributed by atoms with Gasteiger partial charge in [0.05, 0.1) is 10.8 Å². The Morgan fingerprint density at radius 1 is 1.40 bits per heavy atom. The van der Waals surface area contributed by atoms with E-state index in [1.54, 1.807) is 0 Å². The molecule has 1 aromatic heterocycles. The van der Waals surface area contributed by atoms with Gasteiger partial charge in [0.2, 0.25) is 0 Å². The summed E-state index contributed by atoms with van der Waals surface area (Å²) in [4.78, 5) is 18.0. The van der Waals surface area contributed by atoms with Crippen molar-refractivity contribution in [2.24, 2.45) is 5.73 Å². The Kier molecular flexibility index (Phi) is 20.6. The van der Waals surface area contributed by atoms with Crippen molar-refractivity contribution < 1.29 is 64.0 Å². The van der Waals surface area contributed by atoms with Crippen molar-refractivity contribution >= 4 is 46.0 Å². The molecule has 0 aliphatic carbocycles. The largest absolute Gasteiger partial charge is 2.00 e. The number of carbonyl (C=O) groups is 1. The third kappa shape index (κ3) is 14.7. The number of carboxylic acid groups (broad SMARTS) is 1. The molecule has 0 fully saturated rings. The fourth-order valence-electron chi connectivity index (χ4n) is 1.45. The fourth-order valence-corrected chi connectivity index (χ4v) is 1.79. The van der Waals surface area contributed by atoms with Crippen LogP contribution in [-0.4, -0.2) is 32.6 Å². The number of aliphatic carboxylic acids is 1. The minimum Gasteiger partial charge on any atom is -0.858 e. The molecule has 0 aliphatic heterocycles. The number of hydrogen-bond donors (Lipinski definition) is 2. The van der Waals surface area contributed by atoms with Crippen LogP contribution in [-0.2, 0) is 30.7 Å². The molecule has 1 atom stereocenters. The van der Waals surface area contributed by atoms with Crippen molar-refractivity contribution in [2.75, 3.05) is 0 Å². The molecule has 0 amide bonds. The molecular formula is C14H19N4NaO3S2Zn. The van der Waals surface area contributed by atoms with E-state index in [-0.39, 0.29) is 60.3 Å². The molecule has 128 valence electrons. The zero-order valence-electron chi connectivity index (χ0n) is 14.5. The third-order valence-corrected chi connectivity index (χ3v) is 3.68. The molecule has 0 saturated heterocycles. The summed E-state index contributed by atoms with van der Waals surface area (Å²) in [6.45, 7) is 2.09. The van der Waals surface area contributed by atoms with Crippen LogP contribution in [0.3, 0.4) is 0 Å². The summed E-state index contributed by atoms with van der Waals surface area (Å²) in [7, 11) is 0. The molecule has 1 rings (SSSR count). The Bertz CT molecular complexity index is 544. The minimum absolute atomic E-state index is 0. The first-order valence-corrected chi connectivity index (χ1v) is 7.82. The van der Waals surface area contributed by atoms with E-state index < -0.39 is 17.9 Å². The molecule has 1 aromatic rings. The molecule has 0 radical (unpaired) electrons. The van der Waals surface area contributed by atoms with Crippen LogP contribution < -0.4 is 50.5 Å². The summed E-state index contributed by atoms with van der Waals surface area (Å²) in [5, 5.41) is 27.3. The van der Waals surface area contributed by atoms with Crippen LogP contribution in [0.25, 0.3) is 0 Å². The van der Waals surface area contributed by atoms with Gasteiger partial charge in [0.25, 0.3) is 0 Å². The predicted molar refractivity (Wildman–Crippen MR) is 91.3 cm³/mol. The molecule has 1 unspecified atom stereocenters. The standard InChI is InChI=1S/C8H13NOS2.C6H9N3O2.Na.Zn/c1-2-3-4-5-6(11)7(12)8(9)10;7-5(6(10)11)1-4-2-8-3-9-4;;/h2-5H2,1H3,(H2,9,10);2-3,5H,1,7H2,(H2,8,9,10,11);;/q;;+1;+2/p-3. The Morgan fingerprint density at radius 2 is 2.00 bits per heavy atom. The van der Waals surface area contributed by atoms with Gasteiger partial charge in [-0.05, 0) is 25.2 Å². The van der Waals surface area contributed by atoms with Crippen LogP contribution in [0.15, 0.2) is 12.5 Å². The molecule has 3 N–H and O–H groups in total. The molecule has 0 aliphatic rings. The number of nitrogens with one attached hydrogen (secondary N) is 1. The van der Waals surface area contributed by atoms with Crippen LogP contribution >= 0.6 is 24.4 Å². The van der Waals surface area contributed by atoms with Crippen molar-refractivity contribution in [3.63, 3.8) is 0 Å². The van der Waals surface area contributed by atoms with Crippen LogP contribution in [0.2, 0.25) is 0 Å². The molecule has 1 heterocycles. The summed E-state index contributed by atoms with van der Waals surface area (Å²) in [6, 6.07) is -0.994. The summed E-state index contributed by atoms with van der Waals surface area (Å²) in [5.74, 6) is -2.10. The van der Waals surface area contributed by atoms with E-state index in [0.717, 1.165) is 19.3 Å². The first-order valence-electron chi connectivity index (χ1n) is 7.00. The normalized spacial score (nSPS) is 10.2. The van der Waals surface area contributed by atoms with E-state index in [1.165, 1.54) is 12.5 Å². The second kappa shape index (κ2) is 17.3. The average Bonchev–Trinajstić information content (AvgIpc) is 2.99. The smallest absolute Gasteiger partial charge is 0.858 e. The molecule has 0 saturated carbocycles. The number of aromatic nitrogens is 2. The van der Waals surface area contributed by atoms with Gasteiger partial charge < -0.3 is 36.1 Å². The van der Waals surface area contributed by atoms with Gasteiger partial charge in [0, 0.05) is 10.9 Å². The first-order chi connectivity index (χ1) is 10.8. The summed E-state index contributed by atoms with van der Waals surface area (Å²) in [5.41, 5.74) is 5.75. The molecule has 7 nitrogen and oxygen atoms in total. The Labute approximate surface area is 193 Å². The van der Waals surface area contributed by atoms with Gasteiger partial charge in [-0.1, -0.05) is 62.4 Å². The molecule has 0 spiro atoms. The van der Waals surface area contributed by atoms with Gasteiger partial charge in [0.15, 0.2) is 0 Å². The second-order valence-electron chi connectivity index (χ2n) is 4.68. The second-order valence-corrected chi connectivity index (χ2v) is 5.58. The quantitative estimate of drug-likeness (QED) is 0.131. The molecule has 25 heavy (non-hydrogen) atoms. The summed E-state index contributed by atoms with van der Waals surface area (Å²) in [6.07, 6.45) is 6.83. The monoisotopic (exact) mass is 442 g/mol. The van der Waals surface area contributed by atoms with Gasteiger partial charge in [-0.2, -0.15) is 0 Å². The van der Waals surface area contributed by atoms with Crippen LogP contribution in [0.1, 0.15) is 38.3 Å². The summed E-state index contributed by atoms with van der Waals surface area (Å²) >= 11 is 9.56. The Balaban J connectivity index is -0.000000359. The van der Waals surface area contributed by atoms with Gasteiger partial charge in [-0.25, -0.2) is 0 Å². The predicted octanol–water partition coefficient (Wildman–Crippen LogP) is -3.70. The van der Waals surface area contributed by atoms with E-state index in [0.29, 0.717) is 17.0 Å². The number of nitrogens with two attached hydrogens (primary N) is 1. The maximum atomic E-state index is 10.5. The van der Waals surface area contributed by atoms with Crippen LogP contribution in [0.5, 0.6) is 0 Å². The molecular weight excluding hydrogens is 425 g/mol. The summed E-state index contributed by atoms with van der Waals surface area (Å²) < 4.78 is 0. The van der Waals surface area contributed by atoms with Crippen molar-refractivity contribution in [1.82, 2.24) is 9.97 Å². The third-order valence-electron chi connectivity index (χ3n) is 2.71. The van der Waals surface area contributed by atoms with Crippen LogP contribution in [0, 0.1) is 5.41 Å². The van der Waals surface area contributed by atoms with Gasteiger partial charge in [0.1, 0.15) is 0 Å². The maximum Gasteiger partial charge on any atom is 2.00 e. The Morgan fingerprint density at radius 3 is 2.40 bits per heavy atom. The van der Waals surface area contributed by atoms with Crippen molar-refractivity contribution in [3.05, 3.63) is 18.2 Å². The van der Waals surface area contributed by atoms with Gasteiger partial charge in [-0.3, -0.25) is 0 Å². The SMILES string of the molecule is CCCCCC(=S)C(=S)C(=N)[O-].NC(Cc1c[n-]cn1)C(=O)[O-].[Na+].[Zn+2]. The number of thiocarbonyl (C=S) groups is 2. The first kappa shape index (κ1) is 29.7. The number of unbranched alkanes of at least 4 members (excludes halogenated alkanes) is 2. The zero-order valence-corrected chi connectivity index (χ0v) is 21.1. The number of rotatable bonds is 9. The van der Waals surface area contributed by atoms with E-state index in [1.807, 2.05) is 0 Å². The topological polar surface area (TPSA) is 140 Å². The molecule has 0 aromatic carbocycles. The number of imidazole rings is 1. The van der Waals surface area contributed by atoms with Crippen LogP contribution in [0.4, 0.5) is 0 Å². The van der Waals surface area contributed by atoms with Crippen molar-refractivity contribution in [1.29, 1.82) is 5.41 Å². The number of nitrogens with zero attached hydrogens (tertiary/aromatic N) is 2. The van der Waals surface area contributed by atoms with Crippen molar-refractivity contribution in [2.45, 2.75) is 45.1 Å². The molecule has 0 bridgehead atoms. The Hall–Kier alpha value is -0.0866. The molecule has 11 heteroatoms. The van der Waals surface area contributed by atoms with Gasteiger partial charge in [-0.15, -0.1) is 0 Å². The van der Waals surface area contributed by atoms with Gasteiger partial charge >= 0.3 is 49.0 Å². The number of hydrogen-bond acceptors (Lipinski definition) is 8.